The number of benzene rings is 2. The fraction of sp³-hybridized carbons (Fsp3) is 0.280. The van der Waals surface area contributed by atoms with Crippen LogP contribution in [0.25, 0.3) is 16.7 Å². The molecule has 186 valence electrons. The Kier molecular flexibility index (Phi) is 6.10. The third-order valence-corrected chi connectivity index (χ3v) is 6.57. The van der Waals surface area contributed by atoms with E-state index in [0.717, 1.165) is 6.07 Å². The number of aromatic nitrogens is 4. The summed E-state index contributed by atoms with van der Waals surface area (Å²) in [6, 6.07) is 9.51. The highest BCUT2D eigenvalue weighted by atomic mass is 19.1. The van der Waals surface area contributed by atoms with Crippen molar-refractivity contribution in [3.05, 3.63) is 88.1 Å². The summed E-state index contributed by atoms with van der Waals surface area (Å²) in [5.41, 5.74) is -0.312. The number of nitrogens with zero attached hydrogens (tertiary/aromatic N) is 5. The molecular formula is C25H23F2N5O4. The molecule has 1 aliphatic heterocycles. The van der Waals surface area contributed by atoms with Crippen molar-refractivity contribution < 1.29 is 23.8 Å². The summed E-state index contributed by atoms with van der Waals surface area (Å²) in [7, 11) is 0. The van der Waals surface area contributed by atoms with Gasteiger partial charge in [0.1, 0.15) is 23.3 Å². The predicted octanol–water partition coefficient (Wildman–Crippen LogP) is 2.59. The minimum absolute atomic E-state index is 0.0476. The maximum Gasteiger partial charge on any atom is 0.335 e. The van der Waals surface area contributed by atoms with Crippen LogP contribution in [0.5, 0.6) is 0 Å². The third-order valence-electron chi connectivity index (χ3n) is 6.57. The molecule has 1 aliphatic rings. The van der Waals surface area contributed by atoms with Crippen LogP contribution in [0.1, 0.15) is 28.8 Å². The number of hydrogen-bond acceptors (Lipinski definition) is 6. The van der Waals surface area contributed by atoms with Crippen LogP contribution in [0.2, 0.25) is 0 Å². The van der Waals surface area contributed by atoms with Crippen molar-refractivity contribution >= 4 is 17.0 Å². The number of carboxylic acid groups (broad SMARTS) is 1. The lowest BCUT2D eigenvalue weighted by Crippen LogP contribution is -2.47. The second-order valence-corrected chi connectivity index (χ2v) is 9.06. The van der Waals surface area contributed by atoms with Crippen LogP contribution in [0.3, 0.4) is 0 Å². The number of carbonyl (C=O) groups is 1. The van der Waals surface area contributed by atoms with E-state index >= 15 is 0 Å². The van der Waals surface area contributed by atoms with Crippen molar-refractivity contribution in [3.63, 3.8) is 0 Å². The molecule has 2 aromatic carbocycles. The highest BCUT2D eigenvalue weighted by molar-refractivity contribution is 5.87. The van der Waals surface area contributed by atoms with Gasteiger partial charge in [-0.1, -0.05) is 6.07 Å². The Morgan fingerprint density at radius 2 is 1.81 bits per heavy atom. The van der Waals surface area contributed by atoms with Gasteiger partial charge in [-0.3, -0.25) is 14.3 Å². The number of halogens is 2. The summed E-state index contributed by atoms with van der Waals surface area (Å²) in [6.45, 7) is 1.29. The van der Waals surface area contributed by atoms with E-state index in [1.165, 1.54) is 58.2 Å². The van der Waals surface area contributed by atoms with Crippen molar-refractivity contribution in [1.82, 2.24) is 24.2 Å². The summed E-state index contributed by atoms with van der Waals surface area (Å²) >= 11 is 0. The molecule has 2 aromatic heterocycles. The van der Waals surface area contributed by atoms with Crippen molar-refractivity contribution in [2.75, 3.05) is 13.1 Å². The van der Waals surface area contributed by atoms with Crippen LogP contribution in [0.4, 0.5) is 8.78 Å². The largest absolute Gasteiger partial charge is 0.478 e. The monoisotopic (exact) mass is 495 g/mol. The second kappa shape index (κ2) is 9.25. The zero-order valence-electron chi connectivity index (χ0n) is 19.1. The maximum absolute atomic E-state index is 14.3. The Morgan fingerprint density at radius 1 is 1.08 bits per heavy atom. The molecule has 0 radical (unpaired) electrons. The van der Waals surface area contributed by atoms with Crippen LogP contribution in [-0.2, 0) is 13.1 Å². The van der Waals surface area contributed by atoms with Gasteiger partial charge in [0.25, 0.3) is 5.56 Å². The summed E-state index contributed by atoms with van der Waals surface area (Å²) < 4.78 is 30.4. The van der Waals surface area contributed by atoms with Gasteiger partial charge in [0.15, 0.2) is 5.65 Å². The lowest BCUT2D eigenvalue weighted by atomic mass is 9.91. The first kappa shape index (κ1) is 23.8. The first-order valence-electron chi connectivity index (χ1n) is 11.4. The molecule has 0 aliphatic carbocycles. The van der Waals surface area contributed by atoms with E-state index in [4.69, 9.17) is 5.11 Å². The Morgan fingerprint density at radius 3 is 2.47 bits per heavy atom. The van der Waals surface area contributed by atoms with Crippen molar-refractivity contribution in [3.8, 4) is 5.69 Å². The van der Waals surface area contributed by atoms with Crippen molar-refractivity contribution in [1.29, 1.82) is 0 Å². The maximum atomic E-state index is 14.3. The van der Waals surface area contributed by atoms with Gasteiger partial charge >= 0.3 is 5.97 Å². The molecule has 5 rings (SSSR count). The topological polar surface area (TPSA) is 113 Å². The molecule has 0 saturated carbocycles. The van der Waals surface area contributed by atoms with Gasteiger partial charge in [-0.05, 0) is 49.2 Å². The Hall–Kier alpha value is -3.96. The Bertz CT molecular complexity index is 1490. The van der Waals surface area contributed by atoms with Gasteiger partial charge in [-0.15, -0.1) is 0 Å². The summed E-state index contributed by atoms with van der Waals surface area (Å²) in [6.07, 6.45) is 3.50. The number of rotatable bonds is 6. The average Bonchev–Trinajstić information content (AvgIpc) is 3.29. The number of piperidine rings is 1. The molecule has 0 atom stereocenters. The minimum atomic E-state index is -1.19. The van der Waals surface area contributed by atoms with Crippen LogP contribution in [0, 0.1) is 11.6 Å². The lowest BCUT2D eigenvalue weighted by Gasteiger charge is -2.38. The molecule has 1 saturated heterocycles. The fourth-order valence-electron chi connectivity index (χ4n) is 4.48. The first-order valence-corrected chi connectivity index (χ1v) is 11.4. The molecule has 0 amide bonds. The van der Waals surface area contributed by atoms with Gasteiger partial charge in [0, 0.05) is 25.2 Å². The minimum Gasteiger partial charge on any atom is -0.478 e. The van der Waals surface area contributed by atoms with Crippen LogP contribution in [-0.4, -0.2) is 59.1 Å². The predicted molar refractivity (Wildman–Crippen MR) is 126 cm³/mol. The number of carboxylic acids is 1. The van der Waals surface area contributed by atoms with Crippen molar-refractivity contribution in [2.24, 2.45) is 0 Å². The van der Waals surface area contributed by atoms with E-state index in [-0.39, 0.29) is 35.4 Å². The van der Waals surface area contributed by atoms with E-state index in [0.29, 0.717) is 42.8 Å². The van der Waals surface area contributed by atoms with Gasteiger partial charge in [-0.2, -0.15) is 5.10 Å². The number of aromatic carboxylic acids is 1. The Labute approximate surface area is 203 Å². The van der Waals surface area contributed by atoms with E-state index in [2.05, 4.69) is 10.1 Å². The molecule has 4 aromatic rings. The zero-order valence-corrected chi connectivity index (χ0v) is 19.1. The molecule has 3 heterocycles. The SMILES string of the molecule is O=C(O)c1ccc(CN2CCC(O)(Cn3cnc4c(cnn4-c4ccc(F)cc4)c3=O)CC2)c(F)c1. The van der Waals surface area contributed by atoms with Crippen molar-refractivity contribution in [2.45, 2.75) is 31.5 Å². The normalized spacial score (nSPS) is 15.9. The third kappa shape index (κ3) is 4.62. The number of aliphatic hydroxyl groups is 1. The molecule has 2 N–H and O–H groups in total. The van der Waals surface area contributed by atoms with Crippen LogP contribution < -0.4 is 5.56 Å². The van der Waals surface area contributed by atoms with Crippen LogP contribution in [0.15, 0.2) is 59.8 Å². The molecule has 0 spiro atoms. The number of likely N-dealkylation sites (tertiary alicyclic amines) is 1. The van der Waals surface area contributed by atoms with E-state index in [9.17, 15) is 23.5 Å². The van der Waals surface area contributed by atoms with E-state index < -0.39 is 17.4 Å². The Balaban J connectivity index is 1.28. The van der Waals surface area contributed by atoms with Gasteiger partial charge in [0.05, 0.1) is 29.6 Å². The summed E-state index contributed by atoms with van der Waals surface area (Å²) in [4.78, 5) is 30.4. The van der Waals surface area contributed by atoms with Gasteiger partial charge in [-0.25, -0.2) is 23.2 Å². The molecule has 36 heavy (non-hydrogen) atoms. The number of fused-ring (bicyclic) bond motifs is 1. The molecule has 11 heteroatoms. The standard InChI is InChI=1S/C25H23F2N5O4/c26-18-3-5-19(6-4-18)32-22-20(12-29-32)23(33)31(15-28-22)14-25(36)7-9-30(10-8-25)13-17-2-1-16(24(34)35)11-21(17)27/h1-6,11-12,15,36H,7-10,13-14H2,(H,34,35). The average molecular weight is 495 g/mol. The van der Waals surface area contributed by atoms with E-state index in [1.54, 1.807) is 0 Å². The lowest BCUT2D eigenvalue weighted by molar-refractivity contribution is -0.0366. The fourth-order valence-corrected chi connectivity index (χ4v) is 4.48. The zero-order chi connectivity index (χ0) is 25.4. The molecule has 0 unspecified atom stereocenters. The quantitative estimate of drug-likeness (QED) is 0.423. The number of hydrogen-bond donors (Lipinski definition) is 2. The molecular weight excluding hydrogens is 472 g/mol. The van der Waals surface area contributed by atoms with Gasteiger partial charge < -0.3 is 10.2 Å². The summed E-state index contributed by atoms with van der Waals surface area (Å²) in [5.74, 6) is -2.15. The smallest absolute Gasteiger partial charge is 0.335 e. The highest BCUT2D eigenvalue weighted by Gasteiger charge is 2.33. The molecule has 1 fully saturated rings. The van der Waals surface area contributed by atoms with Crippen LogP contribution >= 0.6 is 0 Å². The van der Waals surface area contributed by atoms with E-state index in [1.807, 2.05) is 4.90 Å². The first-order chi connectivity index (χ1) is 17.2. The second-order valence-electron chi connectivity index (χ2n) is 9.06. The summed E-state index contributed by atoms with van der Waals surface area (Å²) in [5, 5.41) is 24.6. The molecule has 0 bridgehead atoms. The van der Waals surface area contributed by atoms with Gasteiger partial charge in [0.2, 0.25) is 0 Å². The molecule has 9 nitrogen and oxygen atoms in total. The highest BCUT2D eigenvalue weighted by Crippen LogP contribution is 2.26.